The molecule has 0 aliphatic carbocycles. The van der Waals surface area contributed by atoms with Gasteiger partial charge in [-0.2, -0.15) is 0 Å². The van der Waals surface area contributed by atoms with E-state index in [1.54, 1.807) is 0 Å². The lowest BCUT2D eigenvalue weighted by molar-refractivity contribution is -0.161. The first-order valence-electron chi connectivity index (χ1n) is 16.3. The van der Waals surface area contributed by atoms with Crippen molar-refractivity contribution in [1.82, 2.24) is 20.4 Å². The van der Waals surface area contributed by atoms with Gasteiger partial charge in [-0.1, -0.05) is 91.9 Å². The van der Waals surface area contributed by atoms with E-state index in [-0.39, 0.29) is 17.7 Å². The van der Waals surface area contributed by atoms with Gasteiger partial charge < -0.3 is 20.4 Å². The molecule has 1 atom stereocenters. The van der Waals surface area contributed by atoms with Gasteiger partial charge in [0.15, 0.2) is 0 Å². The highest BCUT2D eigenvalue weighted by Gasteiger charge is 2.52. The first-order valence-corrected chi connectivity index (χ1v) is 16.3. The number of carbonyl (C=O) groups is 3. The zero-order valence-electron chi connectivity index (χ0n) is 26.0. The lowest BCUT2D eigenvalue weighted by atomic mass is 9.81. The second kappa shape index (κ2) is 15.2. The summed E-state index contributed by atoms with van der Waals surface area (Å²) >= 11 is 0. The van der Waals surface area contributed by atoms with E-state index in [1.165, 1.54) is 5.56 Å². The molecule has 2 saturated heterocycles. The predicted molar refractivity (Wildman–Crippen MR) is 175 cm³/mol. The summed E-state index contributed by atoms with van der Waals surface area (Å²) in [5.74, 6) is 0.0410. The molecule has 3 aromatic carbocycles. The highest BCUT2D eigenvalue weighted by Crippen LogP contribution is 2.34. The second-order valence-electron chi connectivity index (χ2n) is 12.2. The summed E-state index contributed by atoms with van der Waals surface area (Å²) in [7, 11) is 0. The molecule has 0 aromatic heterocycles. The molecule has 2 aliphatic heterocycles. The van der Waals surface area contributed by atoms with Crippen molar-refractivity contribution in [2.24, 2.45) is 0 Å². The number of unbranched alkanes of at least 4 members (excludes halogenated alkanes) is 1. The average molecular weight is 595 g/mol. The van der Waals surface area contributed by atoms with Crippen molar-refractivity contribution in [3.8, 4) is 11.1 Å². The van der Waals surface area contributed by atoms with Crippen molar-refractivity contribution in [3.63, 3.8) is 0 Å². The summed E-state index contributed by atoms with van der Waals surface area (Å²) in [4.78, 5) is 44.2. The van der Waals surface area contributed by atoms with Crippen LogP contribution in [0.1, 0.15) is 56.6 Å². The van der Waals surface area contributed by atoms with Crippen LogP contribution in [0.5, 0.6) is 0 Å². The highest BCUT2D eigenvalue weighted by molar-refractivity contribution is 6.00. The zero-order valence-corrected chi connectivity index (χ0v) is 26.0. The third kappa shape index (κ3) is 7.75. The number of likely N-dealkylation sites (tertiary alicyclic amines) is 1. The predicted octanol–water partition coefficient (Wildman–Crippen LogP) is 5.00. The number of nitrogens with one attached hydrogen (secondary N) is 2. The van der Waals surface area contributed by atoms with Crippen molar-refractivity contribution in [1.29, 1.82) is 0 Å². The van der Waals surface area contributed by atoms with Crippen LogP contribution in [-0.4, -0.2) is 71.8 Å². The molecule has 2 N–H and O–H groups in total. The van der Waals surface area contributed by atoms with Gasteiger partial charge in [0.25, 0.3) is 0 Å². The molecule has 3 amide bonds. The lowest BCUT2D eigenvalue weighted by Crippen LogP contribution is -2.72. The Kier molecular flexibility index (Phi) is 10.8. The molecule has 0 unspecified atom stereocenters. The fourth-order valence-electron chi connectivity index (χ4n) is 6.64. The minimum atomic E-state index is -0.737. The molecule has 44 heavy (non-hydrogen) atoms. The molecule has 7 nitrogen and oxygen atoms in total. The summed E-state index contributed by atoms with van der Waals surface area (Å²) in [5.41, 5.74) is 3.79. The largest absolute Gasteiger partial charge is 0.356 e. The van der Waals surface area contributed by atoms with Crippen LogP contribution in [-0.2, 0) is 27.2 Å². The van der Waals surface area contributed by atoms with Crippen LogP contribution >= 0.6 is 0 Å². The molecule has 0 bridgehead atoms. The third-order valence-electron chi connectivity index (χ3n) is 9.14. The van der Waals surface area contributed by atoms with Gasteiger partial charge in [0.05, 0.1) is 6.42 Å². The number of carbonyl (C=O) groups excluding carboxylic acids is 3. The molecule has 2 aliphatic rings. The van der Waals surface area contributed by atoms with Crippen LogP contribution in [0.3, 0.4) is 0 Å². The van der Waals surface area contributed by atoms with Crippen LogP contribution in [0.25, 0.3) is 11.1 Å². The monoisotopic (exact) mass is 594 g/mol. The van der Waals surface area contributed by atoms with Crippen molar-refractivity contribution in [3.05, 3.63) is 96.1 Å². The number of amides is 3. The Morgan fingerprint density at radius 2 is 1.55 bits per heavy atom. The SMILES string of the molecule is CCCN1C(=O)[C@H](CCCCNC(=O)Cc2cccc(-c3ccccc3)c2)NC(=O)C12CCN(CCc1ccccc1)CC2. The molecule has 0 radical (unpaired) electrons. The average Bonchev–Trinajstić information content (AvgIpc) is 3.06. The van der Waals surface area contributed by atoms with Gasteiger partial charge in [0.1, 0.15) is 11.6 Å². The van der Waals surface area contributed by atoms with Crippen LogP contribution in [0.4, 0.5) is 0 Å². The zero-order chi connectivity index (χ0) is 30.8. The van der Waals surface area contributed by atoms with E-state index >= 15 is 0 Å². The number of rotatable bonds is 13. The van der Waals surface area contributed by atoms with Crippen LogP contribution in [0.15, 0.2) is 84.9 Å². The molecule has 7 heteroatoms. The van der Waals surface area contributed by atoms with E-state index in [1.807, 2.05) is 41.3 Å². The van der Waals surface area contributed by atoms with Gasteiger partial charge in [-0.15, -0.1) is 0 Å². The minimum absolute atomic E-state index is 0.00398. The number of hydrogen-bond acceptors (Lipinski definition) is 4. The minimum Gasteiger partial charge on any atom is -0.356 e. The summed E-state index contributed by atoms with van der Waals surface area (Å²) < 4.78 is 0. The standard InChI is InChI=1S/C37H46N4O3/c1-2-23-41-35(43)33(39-36(44)37(41)20-25-40(26-21-37)24-19-29-12-5-3-6-13-29)18-9-10-22-38-34(42)28-30-14-11-17-32(27-30)31-15-7-4-8-16-31/h3-8,11-17,27,33H,2,9-10,18-26,28H2,1H3,(H,38,42)(H,39,44)/t33-/m0/s1. The number of hydrogen-bond donors (Lipinski definition) is 2. The first-order chi connectivity index (χ1) is 21.5. The van der Waals surface area contributed by atoms with E-state index in [4.69, 9.17) is 0 Å². The summed E-state index contributed by atoms with van der Waals surface area (Å²) in [5, 5.41) is 6.13. The Bertz CT molecular complexity index is 1390. The molecule has 0 saturated carbocycles. The van der Waals surface area contributed by atoms with E-state index in [2.05, 4.69) is 71.0 Å². The fourth-order valence-corrected chi connectivity index (χ4v) is 6.64. The number of benzene rings is 3. The van der Waals surface area contributed by atoms with Crippen molar-refractivity contribution in [2.75, 3.05) is 32.7 Å². The van der Waals surface area contributed by atoms with E-state index in [9.17, 15) is 14.4 Å². The van der Waals surface area contributed by atoms with Gasteiger partial charge in [0, 0.05) is 32.7 Å². The first kappa shape index (κ1) is 31.5. The fraction of sp³-hybridized carbons (Fsp3) is 0.432. The maximum Gasteiger partial charge on any atom is 0.246 e. The quantitative estimate of drug-likeness (QED) is 0.273. The molecule has 232 valence electrons. The van der Waals surface area contributed by atoms with Gasteiger partial charge in [-0.25, -0.2) is 0 Å². The lowest BCUT2D eigenvalue weighted by Gasteiger charge is -2.51. The van der Waals surface area contributed by atoms with Crippen molar-refractivity contribution >= 4 is 17.7 Å². The van der Waals surface area contributed by atoms with Gasteiger partial charge in [-0.05, 0) is 67.2 Å². The van der Waals surface area contributed by atoms with Gasteiger partial charge in [-0.3, -0.25) is 14.4 Å². The smallest absolute Gasteiger partial charge is 0.246 e. The Morgan fingerprint density at radius 1 is 0.864 bits per heavy atom. The summed E-state index contributed by atoms with van der Waals surface area (Å²) in [6, 6.07) is 28.2. The Hall–Kier alpha value is -3.97. The topological polar surface area (TPSA) is 81.8 Å². The maximum absolute atomic E-state index is 13.7. The third-order valence-corrected chi connectivity index (χ3v) is 9.14. The Labute approximate surface area is 262 Å². The highest BCUT2D eigenvalue weighted by atomic mass is 16.2. The van der Waals surface area contributed by atoms with Crippen LogP contribution < -0.4 is 10.6 Å². The Balaban J connectivity index is 1.06. The second-order valence-corrected chi connectivity index (χ2v) is 12.2. The van der Waals surface area contributed by atoms with Crippen LogP contribution in [0, 0.1) is 0 Å². The van der Waals surface area contributed by atoms with Gasteiger partial charge >= 0.3 is 0 Å². The van der Waals surface area contributed by atoms with E-state index in [0.717, 1.165) is 62.0 Å². The van der Waals surface area contributed by atoms with E-state index < -0.39 is 11.6 Å². The summed E-state index contributed by atoms with van der Waals surface area (Å²) in [6.45, 7) is 5.81. The molecule has 5 rings (SSSR count). The van der Waals surface area contributed by atoms with Crippen LogP contribution in [0.2, 0.25) is 0 Å². The number of piperidine rings is 1. The van der Waals surface area contributed by atoms with Crippen molar-refractivity contribution in [2.45, 2.75) is 69.9 Å². The number of piperazine rings is 1. The molecular weight excluding hydrogens is 548 g/mol. The normalized spacial score (nSPS) is 18.3. The summed E-state index contributed by atoms with van der Waals surface area (Å²) in [6.07, 6.45) is 5.58. The molecule has 3 aromatic rings. The Morgan fingerprint density at radius 3 is 2.27 bits per heavy atom. The molecule has 1 spiro atoms. The number of nitrogens with zero attached hydrogens (tertiary/aromatic N) is 2. The molecular formula is C37H46N4O3. The van der Waals surface area contributed by atoms with Crippen molar-refractivity contribution < 1.29 is 14.4 Å². The van der Waals surface area contributed by atoms with Gasteiger partial charge in [0.2, 0.25) is 17.7 Å². The molecule has 2 fully saturated rings. The molecule has 2 heterocycles. The maximum atomic E-state index is 13.7. The van der Waals surface area contributed by atoms with E-state index in [0.29, 0.717) is 38.8 Å².